The van der Waals surface area contributed by atoms with Gasteiger partial charge in [-0.2, -0.15) is 0 Å². The topological polar surface area (TPSA) is 73.4 Å². The lowest BCUT2D eigenvalue weighted by Gasteiger charge is -2.36. The van der Waals surface area contributed by atoms with E-state index in [1.807, 2.05) is 42.6 Å². The van der Waals surface area contributed by atoms with Crippen molar-refractivity contribution < 1.29 is 23.7 Å². The zero-order valence-corrected chi connectivity index (χ0v) is 24.8. The van der Waals surface area contributed by atoms with Gasteiger partial charge in [-0.3, -0.25) is 14.7 Å². The molecule has 0 spiro atoms. The van der Waals surface area contributed by atoms with Crippen molar-refractivity contribution in [2.75, 3.05) is 65.6 Å². The predicted molar refractivity (Wildman–Crippen MR) is 167 cm³/mol. The van der Waals surface area contributed by atoms with Gasteiger partial charge in [0.25, 0.3) is 0 Å². The lowest BCUT2D eigenvalue weighted by Crippen LogP contribution is -2.47. The molecule has 0 saturated carbocycles. The van der Waals surface area contributed by atoms with Crippen molar-refractivity contribution in [3.8, 4) is 23.0 Å². The third kappa shape index (κ3) is 6.78. The minimum absolute atomic E-state index is 0.171. The first-order valence-electron chi connectivity index (χ1n) is 13.8. The average Bonchev–Trinajstić information content (AvgIpc) is 3.03. The van der Waals surface area contributed by atoms with Crippen molar-refractivity contribution in [2.24, 2.45) is 0 Å². The highest BCUT2D eigenvalue weighted by molar-refractivity contribution is 6.31. The molecule has 218 valence electrons. The Morgan fingerprint density at radius 3 is 2.45 bits per heavy atom. The van der Waals surface area contributed by atoms with Crippen molar-refractivity contribution >= 4 is 40.1 Å². The smallest absolute Gasteiger partial charge is 0.189 e. The van der Waals surface area contributed by atoms with Gasteiger partial charge in [0.05, 0.1) is 32.4 Å². The van der Waals surface area contributed by atoms with Crippen LogP contribution >= 0.6 is 11.6 Å². The fraction of sp³-hybridized carbons (Fsp3) is 0.273. The number of allylic oxidation sites excluding steroid dienone is 1. The number of nitrogens with zero attached hydrogens (tertiary/aromatic N) is 3. The van der Waals surface area contributed by atoms with Crippen LogP contribution in [0.5, 0.6) is 23.0 Å². The SMILES string of the molecule is COc1ccc(C(=O)/C=C/c2ccc(OCCN3CCN(c4ccnc5cc(Cl)ccc45)CC3)c(OC)c2)c(OC)c1. The van der Waals surface area contributed by atoms with Gasteiger partial charge in [0.1, 0.15) is 18.1 Å². The van der Waals surface area contributed by atoms with Crippen LogP contribution in [0.2, 0.25) is 5.02 Å². The molecule has 3 aromatic carbocycles. The van der Waals surface area contributed by atoms with Gasteiger partial charge in [0.15, 0.2) is 17.3 Å². The van der Waals surface area contributed by atoms with E-state index in [1.165, 1.54) is 18.9 Å². The van der Waals surface area contributed by atoms with Gasteiger partial charge in [-0.1, -0.05) is 23.7 Å². The van der Waals surface area contributed by atoms with Crippen LogP contribution in [0.25, 0.3) is 17.0 Å². The molecule has 0 N–H and O–H groups in total. The van der Waals surface area contributed by atoms with Crippen LogP contribution < -0.4 is 23.8 Å². The monoisotopic (exact) mass is 587 g/mol. The number of piperazine rings is 1. The first kappa shape index (κ1) is 29.2. The number of benzene rings is 3. The number of anilines is 1. The number of fused-ring (bicyclic) bond motifs is 1. The van der Waals surface area contributed by atoms with Crippen molar-refractivity contribution in [1.82, 2.24) is 9.88 Å². The summed E-state index contributed by atoms with van der Waals surface area (Å²) in [6, 6.07) is 18.7. The van der Waals surface area contributed by atoms with Crippen molar-refractivity contribution in [3.05, 3.63) is 89.1 Å². The summed E-state index contributed by atoms with van der Waals surface area (Å²) in [7, 11) is 4.71. The first-order valence-corrected chi connectivity index (χ1v) is 14.1. The van der Waals surface area contributed by atoms with Crippen LogP contribution in [0.3, 0.4) is 0 Å². The third-order valence-electron chi connectivity index (χ3n) is 7.35. The van der Waals surface area contributed by atoms with Crippen molar-refractivity contribution in [3.63, 3.8) is 0 Å². The van der Waals surface area contributed by atoms with Crippen LogP contribution in [-0.4, -0.2) is 76.3 Å². The fourth-order valence-corrected chi connectivity index (χ4v) is 5.22. The van der Waals surface area contributed by atoms with E-state index in [1.54, 1.807) is 38.5 Å². The molecule has 5 rings (SSSR count). The fourth-order valence-electron chi connectivity index (χ4n) is 5.05. The van der Waals surface area contributed by atoms with E-state index in [-0.39, 0.29) is 5.78 Å². The van der Waals surface area contributed by atoms with Gasteiger partial charge in [0.2, 0.25) is 0 Å². The summed E-state index contributed by atoms with van der Waals surface area (Å²) in [6.45, 7) is 5.07. The van der Waals surface area contributed by atoms with E-state index in [9.17, 15) is 4.79 Å². The molecule has 1 aromatic heterocycles. The number of aromatic nitrogens is 1. The second kappa shape index (κ2) is 13.6. The van der Waals surface area contributed by atoms with Crippen LogP contribution in [-0.2, 0) is 0 Å². The molecule has 9 heteroatoms. The molecular weight excluding hydrogens is 554 g/mol. The summed E-state index contributed by atoms with van der Waals surface area (Å²) >= 11 is 6.16. The summed E-state index contributed by atoms with van der Waals surface area (Å²) in [5, 5.41) is 1.81. The predicted octanol–water partition coefficient (Wildman–Crippen LogP) is 6.01. The maximum atomic E-state index is 12.8. The Hall–Kier alpha value is -4.27. The second-order valence-electron chi connectivity index (χ2n) is 9.84. The van der Waals surface area contributed by atoms with E-state index >= 15 is 0 Å². The number of ketones is 1. The Bertz CT molecular complexity index is 1580. The van der Waals surface area contributed by atoms with E-state index in [0.29, 0.717) is 40.2 Å². The number of carbonyl (C=O) groups excluding carboxylic acids is 1. The summed E-state index contributed by atoms with van der Waals surface area (Å²) in [6.07, 6.45) is 5.11. The van der Waals surface area contributed by atoms with E-state index < -0.39 is 0 Å². The van der Waals surface area contributed by atoms with Crippen LogP contribution in [0, 0.1) is 0 Å². The third-order valence-corrected chi connectivity index (χ3v) is 7.58. The Kier molecular flexibility index (Phi) is 9.46. The highest BCUT2D eigenvalue weighted by Crippen LogP contribution is 2.30. The van der Waals surface area contributed by atoms with Crippen LogP contribution in [0.1, 0.15) is 15.9 Å². The standard InChI is InChI=1S/C33H34ClN3O5/c1-39-25-7-9-27(32(22-25)40-2)30(38)10-4-23-5-11-31(33(20-23)41-3)42-19-18-36-14-16-37(17-15-36)29-12-13-35-28-21-24(34)6-8-26(28)29/h4-13,20-22H,14-19H2,1-3H3/b10-4+. The van der Waals surface area contributed by atoms with E-state index in [2.05, 4.69) is 20.9 Å². The summed E-state index contributed by atoms with van der Waals surface area (Å²) in [5.41, 5.74) is 3.38. The molecule has 8 nitrogen and oxygen atoms in total. The minimum atomic E-state index is -0.171. The Balaban J connectivity index is 1.14. The highest BCUT2D eigenvalue weighted by Gasteiger charge is 2.19. The maximum absolute atomic E-state index is 12.8. The number of halogens is 1. The van der Waals surface area contributed by atoms with Gasteiger partial charge in [-0.25, -0.2) is 0 Å². The van der Waals surface area contributed by atoms with Gasteiger partial charge in [-0.15, -0.1) is 0 Å². The molecule has 0 aliphatic carbocycles. The molecular formula is C33H34ClN3O5. The Labute approximate surface area is 251 Å². The average molecular weight is 588 g/mol. The number of methoxy groups -OCH3 is 3. The molecule has 0 bridgehead atoms. The molecule has 4 aromatic rings. The molecule has 1 aliphatic rings. The molecule has 1 aliphatic heterocycles. The lowest BCUT2D eigenvalue weighted by molar-refractivity contribution is 0.104. The molecule has 1 fully saturated rings. The molecule has 2 heterocycles. The van der Waals surface area contributed by atoms with E-state index in [4.69, 9.17) is 30.5 Å². The molecule has 0 unspecified atom stereocenters. The van der Waals surface area contributed by atoms with Gasteiger partial charge in [0, 0.05) is 61.1 Å². The zero-order valence-electron chi connectivity index (χ0n) is 24.0. The summed E-state index contributed by atoms with van der Waals surface area (Å²) in [5.74, 6) is 2.19. The lowest BCUT2D eigenvalue weighted by atomic mass is 10.1. The quantitative estimate of drug-likeness (QED) is 0.156. The van der Waals surface area contributed by atoms with Crippen LogP contribution in [0.15, 0.2) is 72.9 Å². The largest absolute Gasteiger partial charge is 0.497 e. The normalized spacial score (nSPS) is 13.9. The molecule has 0 amide bonds. The summed E-state index contributed by atoms with van der Waals surface area (Å²) in [4.78, 5) is 22.1. The number of hydrogen-bond acceptors (Lipinski definition) is 8. The number of carbonyl (C=O) groups is 1. The van der Waals surface area contributed by atoms with Crippen LogP contribution in [0.4, 0.5) is 5.69 Å². The number of rotatable bonds is 11. The summed E-state index contributed by atoms with van der Waals surface area (Å²) < 4.78 is 22.2. The molecule has 0 radical (unpaired) electrons. The minimum Gasteiger partial charge on any atom is -0.497 e. The maximum Gasteiger partial charge on any atom is 0.189 e. The second-order valence-corrected chi connectivity index (χ2v) is 10.3. The van der Waals surface area contributed by atoms with Crippen molar-refractivity contribution in [1.29, 1.82) is 0 Å². The molecule has 1 saturated heterocycles. The molecule has 42 heavy (non-hydrogen) atoms. The Morgan fingerprint density at radius 1 is 0.881 bits per heavy atom. The van der Waals surface area contributed by atoms with Gasteiger partial charge in [-0.05, 0) is 60.2 Å². The van der Waals surface area contributed by atoms with Crippen molar-refractivity contribution in [2.45, 2.75) is 0 Å². The highest BCUT2D eigenvalue weighted by atomic mass is 35.5. The Morgan fingerprint density at radius 2 is 1.69 bits per heavy atom. The van der Waals surface area contributed by atoms with E-state index in [0.717, 1.165) is 49.2 Å². The first-order chi connectivity index (χ1) is 20.5. The zero-order chi connectivity index (χ0) is 29.5. The number of ether oxygens (including phenoxy) is 4. The molecule has 0 atom stereocenters. The van der Waals surface area contributed by atoms with Gasteiger partial charge >= 0.3 is 0 Å². The number of hydrogen-bond donors (Lipinski definition) is 0. The number of pyridine rings is 1. The van der Waals surface area contributed by atoms with Gasteiger partial charge < -0.3 is 23.8 Å².